The molecule has 0 spiro atoms. The Morgan fingerprint density at radius 3 is 2.50 bits per heavy atom. The van der Waals surface area contributed by atoms with Crippen molar-refractivity contribution in [3.8, 4) is 0 Å². The number of allylic oxidation sites excluding steroid dienone is 1. The highest BCUT2D eigenvalue weighted by Gasteiger charge is 2.22. The molecule has 2 nitrogen and oxygen atoms in total. The molecule has 1 heterocycles. The third-order valence-corrected chi connectivity index (χ3v) is 3.09. The first kappa shape index (κ1) is 11.4. The van der Waals surface area contributed by atoms with Gasteiger partial charge in [-0.15, -0.1) is 0 Å². The second-order valence-electron chi connectivity index (χ2n) is 4.53. The zero-order valence-electron chi connectivity index (χ0n) is 9.46. The van der Waals surface area contributed by atoms with Crippen LogP contribution in [-0.2, 0) is 4.79 Å². The van der Waals surface area contributed by atoms with Gasteiger partial charge in [-0.05, 0) is 31.4 Å². The number of carbonyl (C=O) groups is 1. The van der Waals surface area contributed by atoms with E-state index in [1.165, 1.54) is 32.4 Å². The minimum absolute atomic E-state index is 0.244. The topological polar surface area (TPSA) is 17.1 Å². The molecule has 1 aliphatic rings. The van der Waals surface area contributed by atoms with E-state index in [1.54, 1.807) is 6.08 Å². The van der Waals surface area contributed by atoms with Crippen molar-refractivity contribution in [1.82, 2.24) is 0 Å². The van der Waals surface area contributed by atoms with E-state index < -0.39 is 0 Å². The molecule has 0 aromatic rings. The molecule has 0 aromatic heterocycles. The van der Waals surface area contributed by atoms with E-state index in [9.17, 15) is 4.79 Å². The Morgan fingerprint density at radius 1 is 1.29 bits per heavy atom. The molecule has 0 aliphatic carbocycles. The average Bonchev–Trinajstić information content (AvgIpc) is 2.18. The van der Waals surface area contributed by atoms with Gasteiger partial charge in [-0.3, -0.25) is 4.79 Å². The highest BCUT2D eigenvalue weighted by atomic mass is 16.1. The largest absolute Gasteiger partial charge is 0.323 e. The van der Waals surface area contributed by atoms with E-state index in [2.05, 4.69) is 13.1 Å². The summed E-state index contributed by atoms with van der Waals surface area (Å²) < 4.78 is 1.12. The monoisotopic (exact) mass is 196 g/mol. The van der Waals surface area contributed by atoms with Crippen LogP contribution in [0.1, 0.15) is 32.6 Å². The van der Waals surface area contributed by atoms with Gasteiger partial charge in [0.25, 0.3) is 0 Å². The molecule has 0 unspecified atom stereocenters. The Bertz CT molecular complexity index is 214. The molecule has 80 valence electrons. The molecule has 14 heavy (non-hydrogen) atoms. The Hall–Kier alpha value is -0.630. The van der Waals surface area contributed by atoms with Crippen LogP contribution in [0.25, 0.3) is 0 Å². The highest BCUT2D eigenvalue weighted by Crippen LogP contribution is 2.15. The van der Waals surface area contributed by atoms with Crippen LogP contribution in [0.3, 0.4) is 0 Å². The van der Waals surface area contributed by atoms with Crippen molar-refractivity contribution < 1.29 is 9.28 Å². The summed E-state index contributed by atoms with van der Waals surface area (Å²) in [6.07, 6.45) is 8.49. The Kier molecular flexibility index (Phi) is 4.33. The maximum absolute atomic E-state index is 11.1. The maximum atomic E-state index is 11.1. The van der Waals surface area contributed by atoms with Gasteiger partial charge in [0.05, 0.1) is 26.7 Å². The van der Waals surface area contributed by atoms with Crippen LogP contribution in [-0.4, -0.2) is 36.9 Å². The van der Waals surface area contributed by atoms with Gasteiger partial charge in [0.15, 0.2) is 5.78 Å². The molecule has 0 amide bonds. The molecule has 0 atom stereocenters. The lowest BCUT2D eigenvalue weighted by Crippen LogP contribution is -2.47. The SMILES string of the molecule is CCC(=O)/C=C/C[N+]1(C)CCCCC1. The van der Waals surface area contributed by atoms with Crippen LogP contribution in [0.5, 0.6) is 0 Å². The molecule has 0 aromatic carbocycles. The van der Waals surface area contributed by atoms with Crippen LogP contribution < -0.4 is 0 Å². The standard InChI is InChI=1S/C12H22NO/c1-3-12(14)8-7-11-13(2)9-5-4-6-10-13/h7-8H,3-6,9-11H2,1-2H3/q+1/b8-7+. The lowest BCUT2D eigenvalue weighted by Gasteiger charge is -2.36. The number of quaternary nitrogens is 1. The van der Waals surface area contributed by atoms with Crippen LogP contribution >= 0.6 is 0 Å². The molecule has 0 radical (unpaired) electrons. The van der Waals surface area contributed by atoms with Gasteiger partial charge >= 0.3 is 0 Å². The zero-order valence-corrected chi connectivity index (χ0v) is 9.46. The van der Waals surface area contributed by atoms with E-state index in [4.69, 9.17) is 0 Å². The number of rotatable bonds is 4. The minimum atomic E-state index is 0.244. The summed E-state index contributed by atoms with van der Waals surface area (Å²) in [5.74, 6) is 0.244. The average molecular weight is 196 g/mol. The van der Waals surface area contributed by atoms with E-state index in [1.807, 2.05) is 6.92 Å². The van der Waals surface area contributed by atoms with Crippen LogP contribution in [0.4, 0.5) is 0 Å². The van der Waals surface area contributed by atoms with Crippen LogP contribution in [0, 0.1) is 0 Å². The smallest absolute Gasteiger partial charge is 0.155 e. The van der Waals surface area contributed by atoms with Crippen molar-refractivity contribution in [2.45, 2.75) is 32.6 Å². The van der Waals surface area contributed by atoms with E-state index in [-0.39, 0.29) is 5.78 Å². The van der Waals surface area contributed by atoms with Gasteiger partial charge in [0.2, 0.25) is 0 Å². The molecule has 1 fully saturated rings. The molecule has 1 rings (SSSR count). The number of nitrogens with zero attached hydrogens (tertiary/aromatic N) is 1. The predicted octanol–water partition coefficient (Wildman–Crippen LogP) is 2.15. The number of ketones is 1. The van der Waals surface area contributed by atoms with Crippen LogP contribution in [0.15, 0.2) is 12.2 Å². The maximum Gasteiger partial charge on any atom is 0.155 e. The zero-order chi connectivity index (χ0) is 10.4. The summed E-state index contributed by atoms with van der Waals surface area (Å²) in [6.45, 7) is 5.46. The molecule has 2 heteroatoms. The van der Waals surface area contributed by atoms with Crippen molar-refractivity contribution in [3.63, 3.8) is 0 Å². The Balaban J connectivity index is 2.35. The van der Waals surface area contributed by atoms with Crippen molar-refractivity contribution in [2.75, 3.05) is 26.7 Å². The first-order valence-corrected chi connectivity index (χ1v) is 5.69. The molecule has 1 aliphatic heterocycles. The summed E-state index contributed by atoms with van der Waals surface area (Å²) in [4.78, 5) is 11.1. The number of carbonyl (C=O) groups excluding carboxylic acids is 1. The minimum Gasteiger partial charge on any atom is -0.323 e. The molecule has 0 saturated carbocycles. The van der Waals surface area contributed by atoms with Gasteiger partial charge in [0, 0.05) is 6.42 Å². The quantitative estimate of drug-likeness (QED) is 0.497. The first-order valence-electron chi connectivity index (χ1n) is 5.69. The first-order chi connectivity index (χ1) is 6.66. The van der Waals surface area contributed by atoms with Gasteiger partial charge in [-0.2, -0.15) is 0 Å². The number of hydrogen-bond donors (Lipinski definition) is 0. The summed E-state index contributed by atoms with van der Waals surface area (Å²) in [7, 11) is 2.29. The van der Waals surface area contributed by atoms with Gasteiger partial charge < -0.3 is 4.48 Å². The van der Waals surface area contributed by atoms with Crippen molar-refractivity contribution >= 4 is 5.78 Å². The van der Waals surface area contributed by atoms with Gasteiger partial charge in [-0.25, -0.2) is 0 Å². The lowest BCUT2D eigenvalue weighted by molar-refractivity contribution is -0.908. The second-order valence-corrected chi connectivity index (χ2v) is 4.53. The van der Waals surface area contributed by atoms with Gasteiger partial charge in [-0.1, -0.05) is 6.92 Å². The van der Waals surface area contributed by atoms with Crippen molar-refractivity contribution in [2.24, 2.45) is 0 Å². The van der Waals surface area contributed by atoms with E-state index in [0.717, 1.165) is 11.0 Å². The summed E-state index contributed by atoms with van der Waals surface area (Å²) in [5, 5.41) is 0. The fourth-order valence-electron chi connectivity index (χ4n) is 2.01. The summed E-state index contributed by atoms with van der Waals surface area (Å²) in [5.41, 5.74) is 0. The normalized spacial score (nSPS) is 21.3. The number of likely N-dealkylation sites (tertiary alicyclic amines) is 1. The Labute approximate surface area is 87.2 Å². The number of piperidine rings is 1. The molecule has 0 N–H and O–H groups in total. The molecule has 0 bridgehead atoms. The number of likely N-dealkylation sites (N-methyl/N-ethyl adjacent to an activating group) is 1. The lowest BCUT2D eigenvalue weighted by atomic mass is 10.1. The van der Waals surface area contributed by atoms with Crippen molar-refractivity contribution in [1.29, 1.82) is 0 Å². The molecular weight excluding hydrogens is 174 g/mol. The Morgan fingerprint density at radius 2 is 1.93 bits per heavy atom. The molecular formula is C12H22NO+. The molecule has 1 saturated heterocycles. The van der Waals surface area contributed by atoms with E-state index in [0.29, 0.717) is 6.42 Å². The third-order valence-electron chi connectivity index (χ3n) is 3.09. The fraction of sp³-hybridized carbons (Fsp3) is 0.750. The fourth-order valence-corrected chi connectivity index (χ4v) is 2.01. The van der Waals surface area contributed by atoms with Crippen molar-refractivity contribution in [3.05, 3.63) is 12.2 Å². The summed E-state index contributed by atoms with van der Waals surface area (Å²) >= 11 is 0. The van der Waals surface area contributed by atoms with E-state index >= 15 is 0 Å². The van der Waals surface area contributed by atoms with Gasteiger partial charge in [0.1, 0.15) is 0 Å². The number of hydrogen-bond acceptors (Lipinski definition) is 1. The second kappa shape index (κ2) is 5.30. The summed E-state index contributed by atoms with van der Waals surface area (Å²) in [6, 6.07) is 0. The predicted molar refractivity (Wildman–Crippen MR) is 59.1 cm³/mol. The van der Waals surface area contributed by atoms with Crippen LogP contribution in [0.2, 0.25) is 0 Å². The highest BCUT2D eigenvalue weighted by molar-refractivity contribution is 5.89. The third kappa shape index (κ3) is 3.62.